The molecule has 0 unspecified atom stereocenters. The Morgan fingerprint density at radius 3 is 2.65 bits per heavy atom. The summed E-state index contributed by atoms with van der Waals surface area (Å²) in [5, 5.41) is 4.09. The first-order valence-corrected chi connectivity index (χ1v) is 11.4. The molecular weight excluding hydrogens is 400 g/mol. The molecule has 1 aromatic heterocycles. The van der Waals surface area contributed by atoms with Crippen LogP contribution in [-0.2, 0) is 0 Å². The van der Waals surface area contributed by atoms with Crippen LogP contribution < -0.4 is 11.0 Å². The number of rotatable bonds is 2. The normalized spacial score (nSPS) is 10.2. The number of nitrogens with two attached hydrogens (primary N) is 1. The summed E-state index contributed by atoms with van der Waals surface area (Å²) in [6.45, 7) is 4.38. The third-order valence-corrected chi connectivity index (χ3v) is 4.87. The van der Waals surface area contributed by atoms with Gasteiger partial charge in [-0.15, -0.1) is 0 Å². The highest BCUT2D eigenvalue weighted by Crippen LogP contribution is 2.29. The Morgan fingerprint density at radius 2 is 2.05 bits per heavy atom. The Morgan fingerprint density at radius 1 is 1.25 bits per heavy atom. The third kappa shape index (κ3) is 3.85. The molecule has 20 heavy (non-hydrogen) atoms. The molecule has 0 saturated carbocycles. The molecule has 1 aromatic carbocycles. The van der Waals surface area contributed by atoms with E-state index in [1.807, 2.05) is 12.1 Å². The maximum atomic E-state index is 6.01. The van der Waals surface area contributed by atoms with E-state index in [2.05, 4.69) is 61.7 Å². The lowest BCUT2D eigenvalue weighted by molar-refractivity contribution is 1.18. The summed E-state index contributed by atoms with van der Waals surface area (Å²) in [7, 11) is 1.20. The van der Waals surface area contributed by atoms with Crippen LogP contribution in [0.4, 0.5) is 5.69 Å². The lowest BCUT2D eigenvalue weighted by Crippen LogP contribution is -2.07. The van der Waals surface area contributed by atoms with Crippen LogP contribution >= 0.6 is 38.1 Å². The Labute approximate surface area is 136 Å². The molecule has 2 rings (SSSR count). The summed E-state index contributed by atoms with van der Waals surface area (Å²) in [5.41, 5.74) is 9.42. The fraction of sp³-hybridized carbons (Fsp3) is 0.143. The van der Waals surface area contributed by atoms with Gasteiger partial charge in [0.25, 0.3) is 0 Å². The molecule has 0 radical (unpaired) electrons. The van der Waals surface area contributed by atoms with Crippen LogP contribution in [0.25, 0.3) is 11.3 Å². The maximum Gasteiger partial charge on any atom is 0.132 e. The van der Waals surface area contributed by atoms with Gasteiger partial charge >= 0.3 is 0 Å². The zero-order chi connectivity index (χ0) is 14.5. The molecule has 0 atom stereocenters. The van der Waals surface area contributed by atoms with Gasteiger partial charge in [0.2, 0.25) is 0 Å². The summed E-state index contributed by atoms with van der Waals surface area (Å²) >= 11 is 2.13. The topological polar surface area (TPSA) is 51.8 Å². The monoisotopic (exact) mass is 413 g/mol. The predicted octanol–water partition coefficient (Wildman–Crippen LogP) is 3.48. The van der Waals surface area contributed by atoms with Gasteiger partial charge in [-0.1, -0.05) is 14.0 Å². The third-order valence-electron chi connectivity index (χ3n) is 2.68. The van der Waals surface area contributed by atoms with Crippen LogP contribution in [0.15, 0.2) is 30.6 Å². The first-order valence-electron chi connectivity index (χ1n) is 5.79. The number of nitrogens with zero attached hydrogens (tertiary/aromatic N) is 2. The van der Waals surface area contributed by atoms with Gasteiger partial charge in [0, 0.05) is 32.5 Å². The van der Waals surface area contributed by atoms with Gasteiger partial charge < -0.3 is 5.73 Å². The van der Waals surface area contributed by atoms with E-state index in [4.69, 9.17) is 5.73 Å². The van der Waals surface area contributed by atoms with Crippen molar-refractivity contribution in [1.82, 2.24) is 9.97 Å². The van der Waals surface area contributed by atoms with Crippen molar-refractivity contribution in [2.45, 2.75) is 0 Å². The summed E-state index contributed by atoms with van der Waals surface area (Å²) < 4.78 is 0. The SMILES string of the molecule is CP(C)c1cc(-c2cnc(C#CSI)cn2)ccc1N. The molecule has 6 heteroatoms. The van der Waals surface area contributed by atoms with Gasteiger partial charge in [0.1, 0.15) is 5.69 Å². The van der Waals surface area contributed by atoms with Gasteiger partial charge in [0.15, 0.2) is 0 Å². The van der Waals surface area contributed by atoms with E-state index >= 15 is 0 Å². The number of aromatic nitrogens is 2. The molecule has 0 bridgehead atoms. The number of anilines is 1. The van der Waals surface area contributed by atoms with Crippen molar-refractivity contribution in [1.29, 1.82) is 0 Å². The zero-order valence-electron chi connectivity index (χ0n) is 11.1. The highest BCUT2D eigenvalue weighted by atomic mass is 127. The second kappa shape index (κ2) is 7.26. The lowest BCUT2D eigenvalue weighted by Gasteiger charge is -2.11. The Hall–Kier alpha value is -0.830. The molecule has 0 saturated heterocycles. The standard InChI is InChI=1S/C14H13IN3PS/c1-19(2)14-7-10(3-4-12(14)16)13-9-17-11(8-18-13)5-6-20-15/h3-4,7-9H,16H2,1-2H3. The van der Waals surface area contributed by atoms with Gasteiger partial charge in [0.05, 0.1) is 18.1 Å². The van der Waals surface area contributed by atoms with Gasteiger partial charge in [-0.2, -0.15) is 0 Å². The van der Waals surface area contributed by atoms with Crippen LogP contribution in [0.5, 0.6) is 0 Å². The molecular formula is C14H13IN3PS. The second-order valence-corrected chi connectivity index (χ2v) is 8.21. The van der Waals surface area contributed by atoms with Crippen molar-refractivity contribution in [3.05, 3.63) is 36.3 Å². The molecule has 3 nitrogen and oxygen atoms in total. The predicted molar refractivity (Wildman–Crippen MR) is 98.8 cm³/mol. The van der Waals surface area contributed by atoms with Crippen molar-refractivity contribution < 1.29 is 0 Å². The fourth-order valence-corrected chi connectivity index (χ4v) is 3.17. The van der Waals surface area contributed by atoms with E-state index in [1.165, 1.54) is 14.2 Å². The summed E-state index contributed by atoms with van der Waals surface area (Å²) in [5.74, 6) is 2.93. The van der Waals surface area contributed by atoms with Crippen LogP contribution in [0.1, 0.15) is 5.69 Å². The van der Waals surface area contributed by atoms with Crippen molar-refractivity contribution in [2.75, 3.05) is 19.1 Å². The smallest absolute Gasteiger partial charge is 0.132 e. The average molecular weight is 413 g/mol. The molecule has 0 spiro atoms. The van der Waals surface area contributed by atoms with Crippen molar-refractivity contribution >= 4 is 49.1 Å². The van der Waals surface area contributed by atoms with E-state index in [1.54, 1.807) is 12.4 Å². The molecule has 0 aliphatic heterocycles. The first-order chi connectivity index (χ1) is 9.61. The first kappa shape index (κ1) is 15.6. The van der Waals surface area contributed by atoms with Gasteiger partial charge in [-0.3, -0.25) is 4.98 Å². The fourth-order valence-electron chi connectivity index (χ4n) is 1.70. The van der Waals surface area contributed by atoms with E-state index in [0.717, 1.165) is 16.9 Å². The molecule has 0 aliphatic rings. The van der Waals surface area contributed by atoms with E-state index in [0.29, 0.717) is 5.69 Å². The molecule has 0 amide bonds. The van der Waals surface area contributed by atoms with Crippen LogP contribution in [0.3, 0.4) is 0 Å². The van der Waals surface area contributed by atoms with Crippen molar-refractivity contribution in [3.63, 3.8) is 0 Å². The molecule has 1 heterocycles. The lowest BCUT2D eigenvalue weighted by atomic mass is 10.1. The number of halogens is 1. The summed E-state index contributed by atoms with van der Waals surface area (Å²) in [6.07, 6.45) is 3.46. The highest BCUT2D eigenvalue weighted by Gasteiger charge is 2.07. The van der Waals surface area contributed by atoms with Gasteiger partial charge in [-0.25, -0.2) is 4.98 Å². The van der Waals surface area contributed by atoms with Crippen LogP contribution in [0.2, 0.25) is 0 Å². The Kier molecular flexibility index (Phi) is 5.64. The maximum absolute atomic E-state index is 6.01. The minimum atomic E-state index is -0.236. The highest BCUT2D eigenvalue weighted by molar-refractivity contribution is 14.2. The molecule has 102 valence electrons. The molecule has 2 N–H and O–H groups in total. The number of nitrogen functional groups attached to an aromatic ring is 1. The Balaban J connectivity index is 2.34. The zero-order valence-corrected chi connectivity index (χ0v) is 15.0. The van der Waals surface area contributed by atoms with Crippen LogP contribution in [-0.4, -0.2) is 23.3 Å². The largest absolute Gasteiger partial charge is 0.398 e. The number of hydrogen-bond donors (Lipinski definition) is 1. The quantitative estimate of drug-likeness (QED) is 0.355. The van der Waals surface area contributed by atoms with E-state index in [-0.39, 0.29) is 7.92 Å². The molecule has 0 aliphatic carbocycles. The minimum absolute atomic E-state index is 0.236. The molecule has 0 fully saturated rings. The second-order valence-electron chi connectivity index (χ2n) is 4.26. The Bertz CT molecular complexity index is 662. The molecule has 2 aromatic rings. The van der Waals surface area contributed by atoms with E-state index < -0.39 is 0 Å². The van der Waals surface area contributed by atoms with Crippen molar-refractivity contribution in [2.24, 2.45) is 0 Å². The number of benzene rings is 1. The van der Waals surface area contributed by atoms with Crippen LogP contribution in [0, 0.1) is 11.2 Å². The summed E-state index contributed by atoms with van der Waals surface area (Å²) in [6, 6.07) is 6.03. The summed E-state index contributed by atoms with van der Waals surface area (Å²) in [4.78, 5) is 8.73. The average Bonchev–Trinajstić information content (AvgIpc) is 2.46. The van der Waals surface area contributed by atoms with Gasteiger partial charge in [-0.05, 0) is 50.9 Å². The van der Waals surface area contributed by atoms with E-state index in [9.17, 15) is 0 Å². The van der Waals surface area contributed by atoms with Crippen molar-refractivity contribution in [3.8, 4) is 22.4 Å². The number of hydrogen-bond acceptors (Lipinski definition) is 4. The minimum Gasteiger partial charge on any atom is -0.398 e.